The molecule has 0 radical (unpaired) electrons. The molecule has 5 nitrogen and oxygen atoms in total. The van der Waals surface area contributed by atoms with E-state index in [4.69, 9.17) is 0 Å². The first-order valence-electron chi connectivity index (χ1n) is 4.96. The molecule has 0 aliphatic heterocycles. The predicted octanol–water partition coefficient (Wildman–Crippen LogP) is 1.45. The molecule has 88 valence electrons. The summed E-state index contributed by atoms with van der Waals surface area (Å²) in [5.41, 5.74) is 0.824. The number of nitrogens with zero attached hydrogens (tertiary/aromatic N) is 2. The summed E-state index contributed by atoms with van der Waals surface area (Å²) in [5, 5.41) is 6.03. The van der Waals surface area contributed by atoms with E-state index >= 15 is 0 Å². The summed E-state index contributed by atoms with van der Waals surface area (Å²) in [6.45, 7) is 1.89. The van der Waals surface area contributed by atoms with Gasteiger partial charge in [0.25, 0.3) is 5.91 Å². The molecule has 0 aliphatic rings. The molecule has 1 aromatic carbocycles. The van der Waals surface area contributed by atoms with E-state index in [9.17, 15) is 9.18 Å². The first kappa shape index (κ1) is 11.3. The smallest absolute Gasteiger partial charge is 0.254 e. The lowest BCUT2D eigenvalue weighted by Gasteiger charge is -2.04. The van der Waals surface area contributed by atoms with Gasteiger partial charge in [0, 0.05) is 0 Å². The van der Waals surface area contributed by atoms with Gasteiger partial charge < -0.3 is 9.84 Å². The van der Waals surface area contributed by atoms with Crippen LogP contribution in [0.25, 0.3) is 0 Å². The average Bonchev–Trinajstić information content (AvgIpc) is 2.82. The molecule has 2 rings (SSSR count). The van der Waals surface area contributed by atoms with E-state index in [2.05, 4.69) is 20.0 Å². The van der Waals surface area contributed by atoms with E-state index in [0.29, 0.717) is 5.82 Å². The quantitative estimate of drug-likeness (QED) is 0.874. The third-order valence-corrected chi connectivity index (χ3v) is 2.18. The van der Waals surface area contributed by atoms with Crippen LogP contribution in [0.15, 0.2) is 29.1 Å². The summed E-state index contributed by atoms with van der Waals surface area (Å²) in [4.78, 5) is 15.4. The molecule has 1 N–H and O–H groups in total. The minimum atomic E-state index is -0.554. The fourth-order valence-corrected chi connectivity index (χ4v) is 1.34. The number of benzene rings is 1. The predicted molar refractivity (Wildman–Crippen MR) is 56.6 cm³/mol. The molecule has 1 heterocycles. The van der Waals surface area contributed by atoms with E-state index in [-0.39, 0.29) is 12.1 Å². The Morgan fingerprint density at radius 3 is 3.06 bits per heavy atom. The maximum absolute atomic E-state index is 13.4. The zero-order valence-corrected chi connectivity index (χ0v) is 9.11. The second-order valence-corrected chi connectivity index (χ2v) is 3.51. The van der Waals surface area contributed by atoms with E-state index < -0.39 is 11.7 Å². The minimum Gasteiger partial charge on any atom is -0.345 e. The van der Waals surface area contributed by atoms with Crippen LogP contribution < -0.4 is 5.32 Å². The van der Waals surface area contributed by atoms with Crippen molar-refractivity contribution in [3.05, 3.63) is 47.4 Å². The Kier molecular flexibility index (Phi) is 3.13. The third-order valence-electron chi connectivity index (χ3n) is 2.18. The maximum Gasteiger partial charge on any atom is 0.254 e. The molecule has 1 aromatic heterocycles. The van der Waals surface area contributed by atoms with Crippen LogP contribution in [0.2, 0.25) is 0 Å². The van der Waals surface area contributed by atoms with Gasteiger partial charge in [0.2, 0.25) is 6.39 Å². The first-order chi connectivity index (χ1) is 8.16. The second kappa shape index (κ2) is 4.73. The molecule has 0 unspecified atom stereocenters. The molecule has 2 aromatic rings. The number of carbonyl (C=O) groups is 1. The highest BCUT2D eigenvalue weighted by atomic mass is 19.1. The molecule has 0 bridgehead atoms. The first-order valence-corrected chi connectivity index (χ1v) is 4.96. The maximum atomic E-state index is 13.4. The normalized spacial score (nSPS) is 10.2. The van der Waals surface area contributed by atoms with Gasteiger partial charge in [-0.3, -0.25) is 4.79 Å². The fourth-order valence-electron chi connectivity index (χ4n) is 1.34. The van der Waals surface area contributed by atoms with Crippen molar-refractivity contribution in [3.63, 3.8) is 0 Å². The number of carbonyl (C=O) groups excluding carboxylic acids is 1. The highest BCUT2D eigenvalue weighted by Crippen LogP contribution is 2.09. The van der Waals surface area contributed by atoms with Crippen LogP contribution in [-0.4, -0.2) is 16.0 Å². The molecular formula is C11H10FN3O2. The number of amides is 1. The lowest BCUT2D eigenvalue weighted by atomic mass is 10.1. The zero-order chi connectivity index (χ0) is 12.3. The van der Waals surface area contributed by atoms with E-state index in [1.807, 2.05) is 0 Å². The number of aryl methyl sites for hydroxylation is 1. The van der Waals surface area contributed by atoms with Crippen LogP contribution in [0.3, 0.4) is 0 Å². The van der Waals surface area contributed by atoms with Crippen molar-refractivity contribution in [3.8, 4) is 0 Å². The lowest BCUT2D eigenvalue weighted by molar-refractivity contribution is 0.0945. The van der Waals surface area contributed by atoms with Gasteiger partial charge in [0.1, 0.15) is 5.82 Å². The van der Waals surface area contributed by atoms with Crippen LogP contribution in [-0.2, 0) is 6.54 Å². The summed E-state index contributed by atoms with van der Waals surface area (Å²) in [7, 11) is 0. The SMILES string of the molecule is Cc1ccc(F)c(C(=O)NCc2ncon2)c1. The van der Waals surface area contributed by atoms with Crippen molar-refractivity contribution in [2.45, 2.75) is 13.5 Å². The number of hydrogen-bond acceptors (Lipinski definition) is 4. The fraction of sp³-hybridized carbons (Fsp3) is 0.182. The van der Waals surface area contributed by atoms with Crippen LogP contribution >= 0.6 is 0 Å². The summed E-state index contributed by atoms with van der Waals surface area (Å²) in [6.07, 6.45) is 1.16. The van der Waals surface area contributed by atoms with Gasteiger partial charge in [-0.05, 0) is 19.1 Å². The Morgan fingerprint density at radius 2 is 2.35 bits per heavy atom. The van der Waals surface area contributed by atoms with Gasteiger partial charge in [-0.15, -0.1) is 0 Å². The van der Waals surface area contributed by atoms with Gasteiger partial charge in [-0.1, -0.05) is 16.8 Å². The largest absolute Gasteiger partial charge is 0.345 e. The van der Waals surface area contributed by atoms with Crippen molar-refractivity contribution in [1.82, 2.24) is 15.5 Å². The van der Waals surface area contributed by atoms with Gasteiger partial charge >= 0.3 is 0 Å². The second-order valence-electron chi connectivity index (χ2n) is 3.51. The Hall–Kier alpha value is -2.24. The highest BCUT2D eigenvalue weighted by molar-refractivity contribution is 5.94. The van der Waals surface area contributed by atoms with Crippen LogP contribution in [0, 0.1) is 12.7 Å². The van der Waals surface area contributed by atoms with Gasteiger partial charge in [-0.25, -0.2) is 4.39 Å². The molecule has 0 spiro atoms. The summed E-state index contributed by atoms with van der Waals surface area (Å²) in [6, 6.07) is 4.35. The number of halogens is 1. The van der Waals surface area contributed by atoms with Gasteiger partial charge in [0.15, 0.2) is 5.82 Å². The van der Waals surface area contributed by atoms with Gasteiger partial charge in [0.05, 0.1) is 12.1 Å². The van der Waals surface area contributed by atoms with Crippen molar-refractivity contribution in [1.29, 1.82) is 0 Å². The topological polar surface area (TPSA) is 68.0 Å². The zero-order valence-electron chi connectivity index (χ0n) is 9.11. The Labute approximate surface area is 96.6 Å². The van der Waals surface area contributed by atoms with Crippen LogP contribution in [0.5, 0.6) is 0 Å². The monoisotopic (exact) mass is 235 g/mol. The standard InChI is InChI=1S/C11H10FN3O2/c1-7-2-3-9(12)8(4-7)11(16)13-5-10-14-6-17-15-10/h2-4,6H,5H2,1H3,(H,13,16). The molecule has 0 saturated heterocycles. The van der Waals surface area contributed by atoms with Crippen molar-refractivity contribution >= 4 is 5.91 Å². The van der Waals surface area contributed by atoms with Crippen LogP contribution in [0.1, 0.15) is 21.7 Å². The highest BCUT2D eigenvalue weighted by Gasteiger charge is 2.12. The van der Waals surface area contributed by atoms with Crippen LogP contribution in [0.4, 0.5) is 4.39 Å². The van der Waals surface area contributed by atoms with E-state index in [1.165, 1.54) is 12.1 Å². The number of hydrogen-bond donors (Lipinski definition) is 1. The average molecular weight is 235 g/mol. The van der Waals surface area contributed by atoms with Crippen molar-refractivity contribution < 1.29 is 13.7 Å². The number of aromatic nitrogens is 2. The molecular weight excluding hydrogens is 225 g/mol. The van der Waals surface area contributed by atoms with E-state index in [0.717, 1.165) is 12.0 Å². The minimum absolute atomic E-state index is 0.00787. The Balaban J connectivity index is 2.07. The molecule has 0 aliphatic carbocycles. The van der Waals surface area contributed by atoms with Crippen molar-refractivity contribution in [2.24, 2.45) is 0 Å². The summed E-state index contributed by atoms with van der Waals surface area (Å²) in [5.74, 6) is -0.719. The number of rotatable bonds is 3. The number of nitrogens with one attached hydrogen (secondary N) is 1. The Bertz CT molecular complexity index is 526. The molecule has 17 heavy (non-hydrogen) atoms. The van der Waals surface area contributed by atoms with E-state index in [1.54, 1.807) is 13.0 Å². The van der Waals surface area contributed by atoms with Gasteiger partial charge in [-0.2, -0.15) is 4.98 Å². The summed E-state index contributed by atoms with van der Waals surface area (Å²) < 4.78 is 17.9. The molecule has 1 amide bonds. The molecule has 6 heteroatoms. The lowest BCUT2D eigenvalue weighted by Crippen LogP contribution is -2.24. The molecule has 0 atom stereocenters. The summed E-state index contributed by atoms with van der Waals surface area (Å²) >= 11 is 0. The molecule has 0 saturated carbocycles. The molecule has 0 fully saturated rings. The Morgan fingerprint density at radius 1 is 1.53 bits per heavy atom. The third kappa shape index (κ3) is 2.66. The van der Waals surface area contributed by atoms with Crippen molar-refractivity contribution in [2.75, 3.05) is 0 Å².